The van der Waals surface area contributed by atoms with Crippen molar-refractivity contribution in [1.29, 1.82) is 0 Å². The number of carbonyl (C=O) groups excluding carboxylic acids is 2. The summed E-state index contributed by atoms with van der Waals surface area (Å²) in [4.78, 5) is 24.1. The zero-order valence-electron chi connectivity index (χ0n) is 17.8. The number of amides is 1. The first-order chi connectivity index (χ1) is 15.5. The topological polar surface area (TPSA) is 64.6 Å². The van der Waals surface area contributed by atoms with Crippen molar-refractivity contribution in [2.45, 2.75) is 25.0 Å². The van der Waals surface area contributed by atoms with Crippen molar-refractivity contribution < 1.29 is 23.5 Å². The summed E-state index contributed by atoms with van der Waals surface area (Å²) in [7, 11) is 1.34. The number of benzene rings is 3. The molecule has 0 saturated carbocycles. The van der Waals surface area contributed by atoms with E-state index in [1.165, 1.54) is 19.2 Å². The molecular formula is C26H24FNO4. The summed E-state index contributed by atoms with van der Waals surface area (Å²) in [6, 6.07) is 20.6. The predicted octanol–water partition coefficient (Wildman–Crippen LogP) is 4.60. The van der Waals surface area contributed by atoms with Crippen LogP contribution in [0.4, 0.5) is 4.39 Å². The van der Waals surface area contributed by atoms with E-state index >= 15 is 0 Å². The van der Waals surface area contributed by atoms with Crippen molar-refractivity contribution in [3.8, 4) is 0 Å². The Kier molecular flexibility index (Phi) is 6.32. The molecule has 1 fully saturated rings. The van der Waals surface area contributed by atoms with Crippen LogP contribution >= 0.6 is 0 Å². The standard InChI is InChI=1S/C26H24FNO4/c1-31-25(30)20-5-3-18(4-6-20)17-28-24(29)19-7-9-21(10-8-19)26(15-2-16-32-26)22-11-13-23(27)14-12-22/h3-14H,2,15-17H2,1H3,(H,28,29)/t26-/m0/s1. The predicted molar refractivity (Wildman–Crippen MR) is 118 cm³/mol. The minimum absolute atomic E-state index is 0.197. The number of ether oxygens (including phenoxy) is 2. The fourth-order valence-corrected chi connectivity index (χ4v) is 4.03. The normalized spacial score (nSPS) is 17.7. The van der Waals surface area contributed by atoms with Crippen molar-refractivity contribution in [2.75, 3.05) is 13.7 Å². The molecular weight excluding hydrogens is 409 g/mol. The van der Waals surface area contributed by atoms with Gasteiger partial charge in [-0.15, -0.1) is 0 Å². The smallest absolute Gasteiger partial charge is 0.337 e. The van der Waals surface area contributed by atoms with Crippen LogP contribution in [0, 0.1) is 5.82 Å². The Labute approximate surface area is 186 Å². The molecule has 1 amide bonds. The molecule has 1 saturated heterocycles. The monoisotopic (exact) mass is 433 g/mol. The summed E-state index contributed by atoms with van der Waals surface area (Å²) < 4.78 is 24.2. The van der Waals surface area contributed by atoms with E-state index in [-0.39, 0.29) is 11.7 Å². The van der Waals surface area contributed by atoms with E-state index in [0.29, 0.717) is 24.3 Å². The molecule has 0 unspecified atom stereocenters. The van der Waals surface area contributed by atoms with Gasteiger partial charge in [0.25, 0.3) is 5.91 Å². The third-order valence-electron chi connectivity index (χ3n) is 5.77. The van der Waals surface area contributed by atoms with E-state index < -0.39 is 11.6 Å². The lowest BCUT2D eigenvalue weighted by Crippen LogP contribution is -2.27. The van der Waals surface area contributed by atoms with Crippen LogP contribution in [-0.4, -0.2) is 25.6 Å². The minimum Gasteiger partial charge on any atom is -0.465 e. The van der Waals surface area contributed by atoms with Crippen LogP contribution < -0.4 is 5.32 Å². The van der Waals surface area contributed by atoms with Gasteiger partial charge in [0, 0.05) is 18.7 Å². The Hall–Kier alpha value is -3.51. The van der Waals surface area contributed by atoms with Gasteiger partial charge in [0.2, 0.25) is 0 Å². The fraction of sp³-hybridized carbons (Fsp3) is 0.231. The maximum Gasteiger partial charge on any atom is 0.337 e. The Balaban J connectivity index is 1.45. The molecule has 164 valence electrons. The van der Waals surface area contributed by atoms with Gasteiger partial charge in [-0.3, -0.25) is 4.79 Å². The molecule has 32 heavy (non-hydrogen) atoms. The van der Waals surface area contributed by atoms with Crippen molar-refractivity contribution >= 4 is 11.9 Å². The van der Waals surface area contributed by atoms with Crippen LogP contribution in [0.3, 0.4) is 0 Å². The van der Waals surface area contributed by atoms with Crippen LogP contribution in [-0.2, 0) is 21.6 Å². The molecule has 1 atom stereocenters. The number of hydrogen-bond donors (Lipinski definition) is 1. The first-order valence-electron chi connectivity index (χ1n) is 10.5. The number of methoxy groups -OCH3 is 1. The fourth-order valence-electron chi connectivity index (χ4n) is 4.03. The molecule has 1 heterocycles. The molecule has 0 bridgehead atoms. The van der Waals surface area contributed by atoms with Crippen molar-refractivity contribution in [3.05, 3.63) is 106 Å². The molecule has 0 aliphatic carbocycles. The molecule has 0 radical (unpaired) electrons. The largest absolute Gasteiger partial charge is 0.465 e. The molecule has 3 aromatic rings. The molecule has 1 aliphatic heterocycles. The summed E-state index contributed by atoms with van der Waals surface area (Å²) in [5.74, 6) is -0.879. The van der Waals surface area contributed by atoms with Gasteiger partial charge in [-0.05, 0) is 65.9 Å². The van der Waals surface area contributed by atoms with Crippen molar-refractivity contribution in [2.24, 2.45) is 0 Å². The second-order valence-electron chi connectivity index (χ2n) is 7.73. The summed E-state index contributed by atoms with van der Waals surface area (Å²) in [5, 5.41) is 2.89. The highest BCUT2D eigenvalue weighted by atomic mass is 19.1. The van der Waals surface area contributed by atoms with Crippen molar-refractivity contribution in [3.63, 3.8) is 0 Å². The van der Waals surface area contributed by atoms with Gasteiger partial charge in [-0.1, -0.05) is 36.4 Å². The Bertz CT molecular complexity index is 1090. The van der Waals surface area contributed by atoms with Crippen molar-refractivity contribution in [1.82, 2.24) is 5.32 Å². The molecule has 1 N–H and O–H groups in total. The zero-order chi connectivity index (χ0) is 22.6. The van der Waals surface area contributed by atoms with Gasteiger partial charge in [-0.2, -0.15) is 0 Å². The molecule has 1 aliphatic rings. The van der Waals surface area contributed by atoms with Gasteiger partial charge in [0.05, 0.1) is 12.7 Å². The highest BCUT2D eigenvalue weighted by molar-refractivity contribution is 5.94. The number of esters is 1. The number of nitrogens with one attached hydrogen (secondary N) is 1. The number of rotatable bonds is 6. The zero-order valence-corrected chi connectivity index (χ0v) is 17.8. The van der Waals surface area contributed by atoms with Crippen LogP contribution in [0.25, 0.3) is 0 Å². The highest BCUT2D eigenvalue weighted by Crippen LogP contribution is 2.42. The SMILES string of the molecule is COC(=O)c1ccc(CNC(=O)c2ccc([C@]3(c4ccc(F)cc4)CCCO3)cc2)cc1. The van der Waals surface area contributed by atoms with Crippen LogP contribution in [0.2, 0.25) is 0 Å². The second kappa shape index (κ2) is 9.32. The van der Waals surface area contributed by atoms with Crippen LogP contribution in [0.5, 0.6) is 0 Å². The lowest BCUT2D eigenvalue weighted by Gasteiger charge is -2.30. The maximum atomic E-state index is 13.4. The third kappa shape index (κ3) is 4.41. The molecule has 0 spiro atoms. The first kappa shape index (κ1) is 21.7. The number of hydrogen-bond acceptors (Lipinski definition) is 4. The summed E-state index contributed by atoms with van der Waals surface area (Å²) in [6.45, 7) is 0.971. The quantitative estimate of drug-likeness (QED) is 0.578. The lowest BCUT2D eigenvalue weighted by molar-refractivity contribution is 0.0359. The highest BCUT2D eigenvalue weighted by Gasteiger charge is 2.38. The average Bonchev–Trinajstić information content (AvgIpc) is 3.34. The molecule has 0 aromatic heterocycles. The summed E-state index contributed by atoms with van der Waals surface area (Å²) in [6.07, 6.45) is 1.71. The molecule has 4 rings (SSSR count). The number of carbonyl (C=O) groups is 2. The van der Waals surface area contributed by atoms with Crippen LogP contribution in [0.15, 0.2) is 72.8 Å². The van der Waals surface area contributed by atoms with Gasteiger partial charge in [-0.25, -0.2) is 9.18 Å². The molecule has 3 aromatic carbocycles. The van der Waals surface area contributed by atoms with Gasteiger partial charge in [0.1, 0.15) is 11.4 Å². The Morgan fingerprint density at radius 3 is 2.09 bits per heavy atom. The average molecular weight is 433 g/mol. The summed E-state index contributed by atoms with van der Waals surface area (Å²) in [5.41, 5.74) is 3.09. The third-order valence-corrected chi connectivity index (χ3v) is 5.77. The Morgan fingerprint density at radius 2 is 1.53 bits per heavy atom. The van der Waals surface area contributed by atoms with E-state index in [1.807, 2.05) is 12.1 Å². The second-order valence-corrected chi connectivity index (χ2v) is 7.73. The summed E-state index contributed by atoms with van der Waals surface area (Å²) >= 11 is 0. The van der Waals surface area contributed by atoms with Gasteiger partial charge >= 0.3 is 5.97 Å². The first-order valence-corrected chi connectivity index (χ1v) is 10.5. The van der Waals surface area contributed by atoms with E-state index in [9.17, 15) is 14.0 Å². The van der Waals surface area contributed by atoms with E-state index in [0.717, 1.165) is 29.5 Å². The minimum atomic E-state index is -0.621. The van der Waals surface area contributed by atoms with E-state index in [4.69, 9.17) is 4.74 Å². The lowest BCUT2D eigenvalue weighted by atomic mass is 9.83. The Morgan fingerprint density at radius 1 is 0.938 bits per heavy atom. The number of halogens is 1. The van der Waals surface area contributed by atoms with Gasteiger partial charge in [0.15, 0.2) is 0 Å². The van der Waals surface area contributed by atoms with E-state index in [1.54, 1.807) is 48.5 Å². The van der Waals surface area contributed by atoms with Gasteiger partial charge < -0.3 is 14.8 Å². The van der Waals surface area contributed by atoms with Crippen LogP contribution in [0.1, 0.15) is 50.2 Å². The maximum absolute atomic E-state index is 13.4. The molecule has 6 heteroatoms. The van der Waals surface area contributed by atoms with E-state index in [2.05, 4.69) is 10.1 Å². The molecule has 5 nitrogen and oxygen atoms in total.